The minimum Gasteiger partial charge on any atom is -0.388 e. The second-order valence-corrected chi connectivity index (χ2v) is 4.33. The van der Waals surface area contributed by atoms with E-state index in [-0.39, 0.29) is 6.10 Å². The van der Waals surface area contributed by atoms with E-state index in [9.17, 15) is 5.11 Å². The Morgan fingerprint density at radius 3 is 2.47 bits per heavy atom. The highest BCUT2D eigenvalue weighted by atomic mass is 16.3. The molecule has 0 bridgehead atoms. The first-order chi connectivity index (χ1) is 8.20. The first-order valence-corrected chi connectivity index (χ1v) is 5.97. The molecule has 2 rings (SSSR count). The van der Waals surface area contributed by atoms with Crippen molar-refractivity contribution in [2.45, 2.75) is 25.9 Å². The molecule has 0 unspecified atom stereocenters. The molecule has 2 aromatic rings. The molecular weight excluding hydrogens is 212 g/mol. The van der Waals surface area contributed by atoms with Gasteiger partial charge in [-0.05, 0) is 17.5 Å². The van der Waals surface area contributed by atoms with Crippen molar-refractivity contribution < 1.29 is 5.11 Å². The summed E-state index contributed by atoms with van der Waals surface area (Å²) in [5.74, 6) is 0. The molecular formula is C14H18N2O. The maximum Gasteiger partial charge on any atom is 0.0790 e. The van der Waals surface area contributed by atoms with Crippen LogP contribution in [0.2, 0.25) is 0 Å². The van der Waals surface area contributed by atoms with Crippen molar-refractivity contribution in [3.05, 3.63) is 42.2 Å². The second kappa shape index (κ2) is 5.15. The van der Waals surface area contributed by atoms with Gasteiger partial charge in [0, 0.05) is 18.8 Å². The fourth-order valence-corrected chi connectivity index (χ4v) is 1.91. The van der Waals surface area contributed by atoms with Gasteiger partial charge in [-0.25, -0.2) is 0 Å². The van der Waals surface area contributed by atoms with Crippen molar-refractivity contribution in [3.63, 3.8) is 0 Å². The Bertz CT molecular complexity index is 473. The molecule has 0 radical (unpaired) electrons. The summed E-state index contributed by atoms with van der Waals surface area (Å²) in [4.78, 5) is 0. The van der Waals surface area contributed by atoms with Gasteiger partial charge in [0.2, 0.25) is 0 Å². The predicted molar refractivity (Wildman–Crippen MR) is 68.5 cm³/mol. The van der Waals surface area contributed by atoms with Crippen molar-refractivity contribution in [1.29, 1.82) is 0 Å². The molecule has 0 spiro atoms. The normalized spacial score (nSPS) is 12.6. The van der Waals surface area contributed by atoms with E-state index in [1.165, 1.54) is 0 Å². The molecule has 1 atom stereocenters. The third-order valence-electron chi connectivity index (χ3n) is 2.90. The Morgan fingerprint density at radius 1 is 1.24 bits per heavy atom. The highest BCUT2D eigenvalue weighted by Crippen LogP contribution is 2.23. The summed E-state index contributed by atoms with van der Waals surface area (Å²) in [6, 6.07) is 8.04. The maximum absolute atomic E-state index is 9.87. The van der Waals surface area contributed by atoms with Crippen molar-refractivity contribution >= 4 is 0 Å². The third-order valence-corrected chi connectivity index (χ3v) is 2.90. The Kier molecular flexibility index (Phi) is 3.59. The van der Waals surface area contributed by atoms with E-state index < -0.39 is 0 Å². The lowest BCUT2D eigenvalue weighted by Crippen LogP contribution is -1.95. The molecule has 90 valence electrons. The molecule has 1 N–H and O–H groups in total. The largest absolute Gasteiger partial charge is 0.388 e. The van der Waals surface area contributed by atoms with Gasteiger partial charge in [0.25, 0.3) is 0 Å². The molecule has 17 heavy (non-hydrogen) atoms. The summed E-state index contributed by atoms with van der Waals surface area (Å²) in [5.41, 5.74) is 3.22. The van der Waals surface area contributed by atoms with Gasteiger partial charge in [-0.2, -0.15) is 5.10 Å². The van der Waals surface area contributed by atoms with Gasteiger partial charge in [-0.1, -0.05) is 37.6 Å². The van der Waals surface area contributed by atoms with Crippen LogP contribution >= 0.6 is 0 Å². The summed E-state index contributed by atoms with van der Waals surface area (Å²) in [6.07, 6.45) is 5.29. The van der Waals surface area contributed by atoms with Crippen molar-refractivity contribution in [3.8, 4) is 11.1 Å². The van der Waals surface area contributed by atoms with Crippen LogP contribution in [-0.2, 0) is 7.05 Å². The average molecular weight is 230 g/mol. The van der Waals surface area contributed by atoms with E-state index in [1.54, 1.807) is 4.68 Å². The fourth-order valence-electron chi connectivity index (χ4n) is 1.91. The van der Waals surface area contributed by atoms with E-state index >= 15 is 0 Å². The van der Waals surface area contributed by atoms with E-state index in [0.29, 0.717) is 0 Å². The Balaban J connectivity index is 2.18. The van der Waals surface area contributed by atoms with E-state index in [4.69, 9.17) is 0 Å². The van der Waals surface area contributed by atoms with E-state index in [2.05, 4.69) is 12.0 Å². The van der Waals surface area contributed by atoms with Crippen molar-refractivity contribution in [2.24, 2.45) is 7.05 Å². The minimum absolute atomic E-state index is 0.344. The van der Waals surface area contributed by atoms with Crippen LogP contribution in [0.25, 0.3) is 11.1 Å². The number of rotatable bonds is 4. The smallest absolute Gasteiger partial charge is 0.0790 e. The quantitative estimate of drug-likeness (QED) is 0.877. The zero-order valence-corrected chi connectivity index (χ0v) is 10.3. The SMILES string of the molecule is CCC[C@@H](O)c1ccc(-c2cnn(C)c2)cc1. The van der Waals surface area contributed by atoms with Gasteiger partial charge in [0.05, 0.1) is 12.3 Å². The Hall–Kier alpha value is -1.61. The lowest BCUT2D eigenvalue weighted by molar-refractivity contribution is 0.166. The number of hydrogen-bond donors (Lipinski definition) is 1. The molecule has 1 aromatic carbocycles. The third kappa shape index (κ3) is 2.74. The monoisotopic (exact) mass is 230 g/mol. The first-order valence-electron chi connectivity index (χ1n) is 5.97. The zero-order chi connectivity index (χ0) is 12.3. The summed E-state index contributed by atoms with van der Waals surface area (Å²) >= 11 is 0. The van der Waals surface area contributed by atoms with Crippen LogP contribution in [0, 0.1) is 0 Å². The minimum atomic E-state index is -0.344. The number of aromatic nitrogens is 2. The van der Waals surface area contributed by atoms with E-state index in [1.807, 2.05) is 43.7 Å². The summed E-state index contributed by atoms with van der Waals surface area (Å²) in [7, 11) is 1.91. The number of nitrogens with zero attached hydrogens (tertiary/aromatic N) is 2. The lowest BCUT2D eigenvalue weighted by atomic mass is 10.0. The Labute approximate surface area is 102 Å². The standard InChI is InChI=1S/C14H18N2O/c1-3-4-14(17)12-7-5-11(6-8-12)13-9-15-16(2)10-13/h5-10,14,17H,3-4H2,1-2H3/t14-/m1/s1. The molecule has 0 aliphatic carbocycles. The number of aryl methyl sites for hydroxylation is 1. The number of aliphatic hydroxyl groups excluding tert-OH is 1. The molecule has 1 aromatic heterocycles. The molecule has 1 heterocycles. The van der Waals surface area contributed by atoms with Gasteiger partial charge in [0.15, 0.2) is 0 Å². The number of benzene rings is 1. The van der Waals surface area contributed by atoms with Gasteiger partial charge >= 0.3 is 0 Å². The van der Waals surface area contributed by atoms with Gasteiger partial charge in [-0.15, -0.1) is 0 Å². The zero-order valence-electron chi connectivity index (χ0n) is 10.3. The molecule has 0 aliphatic heterocycles. The van der Waals surface area contributed by atoms with Crippen LogP contribution in [0.4, 0.5) is 0 Å². The molecule has 0 aliphatic rings. The van der Waals surface area contributed by atoms with Crippen LogP contribution in [0.3, 0.4) is 0 Å². The number of hydrogen-bond acceptors (Lipinski definition) is 2. The highest BCUT2D eigenvalue weighted by molar-refractivity contribution is 5.61. The summed E-state index contributed by atoms with van der Waals surface area (Å²) < 4.78 is 1.79. The average Bonchev–Trinajstić information content (AvgIpc) is 2.76. The maximum atomic E-state index is 9.87. The molecule has 0 amide bonds. The molecule has 3 heteroatoms. The van der Waals surface area contributed by atoms with Crippen LogP contribution in [-0.4, -0.2) is 14.9 Å². The first kappa shape index (κ1) is 11.9. The van der Waals surface area contributed by atoms with E-state index in [0.717, 1.165) is 29.5 Å². The van der Waals surface area contributed by atoms with Crippen LogP contribution in [0.1, 0.15) is 31.4 Å². The van der Waals surface area contributed by atoms with Gasteiger partial charge in [-0.3, -0.25) is 4.68 Å². The predicted octanol–water partition coefficient (Wildman–Crippen LogP) is 2.92. The summed E-state index contributed by atoms with van der Waals surface area (Å²) in [6.45, 7) is 2.08. The summed E-state index contributed by atoms with van der Waals surface area (Å²) in [5, 5.41) is 14.0. The topological polar surface area (TPSA) is 38.1 Å². The van der Waals surface area contributed by atoms with Crippen molar-refractivity contribution in [1.82, 2.24) is 9.78 Å². The molecule has 0 saturated carbocycles. The molecule has 0 fully saturated rings. The van der Waals surface area contributed by atoms with Crippen LogP contribution in [0.5, 0.6) is 0 Å². The van der Waals surface area contributed by atoms with Crippen molar-refractivity contribution in [2.75, 3.05) is 0 Å². The highest BCUT2D eigenvalue weighted by Gasteiger charge is 2.06. The number of aliphatic hydroxyl groups is 1. The molecule has 3 nitrogen and oxygen atoms in total. The fraction of sp³-hybridized carbons (Fsp3) is 0.357. The van der Waals surface area contributed by atoms with Gasteiger partial charge in [0.1, 0.15) is 0 Å². The second-order valence-electron chi connectivity index (χ2n) is 4.33. The lowest BCUT2D eigenvalue weighted by Gasteiger charge is -2.09. The van der Waals surface area contributed by atoms with Crippen LogP contribution < -0.4 is 0 Å². The Morgan fingerprint density at radius 2 is 1.94 bits per heavy atom. The van der Waals surface area contributed by atoms with Crippen LogP contribution in [0.15, 0.2) is 36.7 Å². The van der Waals surface area contributed by atoms with Gasteiger partial charge < -0.3 is 5.11 Å². The molecule has 0 saturated heterocycles.